The number of rotatable bonds is 5. The van der Waals surface area contributed by atoms with Gasteiger partial charge in [-0.15, -0.1) is 11.8 Å². The van der Waals surface area contributed by atoms with Gasteiger partial charge in [-0.05, 0) is 24.8 Å². The topological polar surface area (TPSA) is 32.3 Å². The van der Waals surface area contributed by atoms with Crippen molar-refractivity contribution in [3.63, 3.8) is 0 Å². The Morgan fingerprint density at radius 2 is 2.12 bits per heavy atom. The van der Waals surface area contributed by atoms with Crippen molar-refractivity contribution < 1.29 is 4.79 Å². The van der Waals surface area contributed by atoms with Crippen LogP contribution in [0.5, 0.6) is 0 Å². The van der Waals surface area contributed by atoms with E-state index in [1.807, 2.05) is 25.9 Å². The Morgan fingerprint density at radius 1 is 1.47 bits per heavy atom. The van der Waals surface area contributed by atoms with Crippen molar-refractivity contribution in [2.45, 2.75) is 44.9 Å². The molecule has 1 fully saturated rings. The second kappa shape index (κ2) is 6.10. The van der Waals surface area contributed by atoms with Gasteiger partial charge >= 0.3 is 0 Å². The molecule has 0 aromatic rings. The minimum Gasteiger partial charge on any atom is -0.348 e. The van der Waals surface area contributed by atoms with Crippen LogP contribution in [0.15, 0.2) is 0 Å². The van der Waals surface area contributed by atoms with Gasteiger partial charge in [-0.3, -0.25) is 4.79 Å². The van der Waals surface area contributed by atoms with Gasteiger partial charge < -0.3 is 10.2 Å². The molecule has 0 spiro atoms. The maximum absolute atomic E-state index is 11.6. The SMILES string of the molecule is CCNC1C(SCC(=O)N(C)C)CCC1(C)C. The van der Waals surface area contributed by atoms with Crippen LogP contribution >= 0.6 is 11.8 Å². The number of nitrogens with one attached hydrogen (secondary N) is 1. The molecule has 0 saturated heterocycles. The fraction of sp³-hybridized carbons (Fsp3) is 0.923. The predicted octanol–water partition coefficient (Wildman–Crippen LogP) is 1.97. The van der Waals surface area contributed by atoms with E-state index >= 15 is 0 Å². The van der Waals surface area contributed by atoms with Gasteiger partial charge in [0, 0.05) is 25.4 Å². The summed E-state index contributed by atoms with van der Waals surface area (Å²) >= 11 is 1.82. The fourth-order valence-electron chi connectivity index (χ4n) is 2.45. The van der Waals surface area contributed by atoms with Gasteiger partial charge in [0.1, 0.15) is 0 Å². The van der Waals surface area contributed by atoms with E-state index in [9.17, 15) is 4.79 Å². The van der Waals surface area contributed by atoms with Gasteiger partial charge in [-0.1, -0.05) is 20.8 Å². The van der Waals surface area contributed by atoms with Crippen molar-refractivity contribution >= 4 is 17.7 Å². The van der Waals surface area contributed by atoms with Crippen LogP contribution < -0.4 is 5.32 Å². The van der Waals surface area contributed by atoms with E-state index < -0.39 is 0 Å². The van der Waals surface area contributed by atoms with Crippen LogP contribution in [0.1, 0.15) is 33.6 Å². The van der Waals surface area contributed by atoms with E-state index in [4.69, 9.17) is 0 Å². The molecule has 0 heterocycles. The maximum Gasteiger partial charge on any atom is 0.232 e. The van der Waals surface area contributed by atoms with Crippen LogP contribution in [0.2, 0.25) is 0 Å². The highest BCUT2D eigenvalue weighted by atomic mass is 32.2. The third-order valence-electron chi connectivity index (χ3n) is 3.63. The normalized spacial score (nSPS) is 27.1. The molecule has 1 amide bonds. The van der Waals surface area contributed by atoms with Gasteiger partial charge in [0.25, 0.3) is 0 Å². The summed E-state index contributed by atoms with van der Waals surface area (Å²) in [6, 6.07) is 0.535. The van der Waals surface area contributed by atoms with E-state index in [2.05, 4.69) is 26.1 Å². The third-order valence-corrected chi connectivity index (χ3v) is 4.98. The molecule has 0 aliphatic heterocycles. The molecule has 1 aliphatic rings. The lowest BCUT2D eigenvalue weighted by atomic mass is 9.87. The number of carbonyl (C=O) groups is 1. The first-order valence-corrected chi connectivity index (χ1v) is 7.48. The zero-order valence-electron chi connectivity index (χ0n) is 11.7. The molecule has 3 nitrogen and oxygen atoms in total. The highest BCUT2D eigenvalue weighted by molar-refractivity contribution is 8.00. The van der Waals surface area contributed by atoms with Crippen molar-refractivity contribution in [1.29, 1.82) is 0 Å². The molecule has 4 heteroatoms. The van der Waals surface area contributed by atoms with Crippen molar-refractivity contribution in [2.24, 2.45) is 5.41 Å². The summed E-state index contributed by atoms with van der Waals surface area (Å²) in [5.74, 6) is 0.824. The Morgan fingerprint density at radius 3 is 2.65 bits per heavy atom. The highest BCUT2D eigenvalue weighted by Gasteiger charge is 2.41. The average Bonchev–Trinajstić information content (AvgIpc) is 2.52. The first kappa shape index (κ1) is 14.8. The van der Waals surface area contributed by atoms with Gasteiger partial charge in [0.2, 0.25) is 5.91 Å². The zero-order chi connectivity index (χ0) is 13.1. The molecule has 0 bridgehead atoms. The Hall–Kier alpha value is -0.220. The number of hydrogen-bond donors (Lipinski definition) is 1. The molecule has 1 N–H and O–H groups in total. The van der Waals surface area contributed by atoms with E-state index in [-0.39, 0.29) is 5.91 Å². The number of carbonyl (C=O) groups excluding carboxylic acids is 1. The second-order valence-electron chi connectivity index (χ2n) is 5.70. The first-order valence-electron chi connectivity index (χ1n) is 6.43. The monoisotopic (exact) mass is 258 g/mol. The van der Waals surface area contributed by atoms with Crippen LogP contribution in [0.4, 0.5) is 0 Å². The summed E-state index contributed by atoms with van der Waals surface area (Å²) in [4.78, 5) is 13.3. The number of thioether (sulfide) groups is 1. The molecule has 1 rings (SSSR count). The Kier molecular flexibility index (Phi) is 5.32. The number of hydrogen-bond acceptors (Lipinski definition) is 3. The molecule has 100 valence electrons. The van der Waals surface area contributed by atoms with Crippen LogP contribution in [-0.4, -0.2) is 48.5 Å². The summed E-state index contributed by atoms with van der Waals surface area (Å²) in [7, 11) is 3.65. The summed E-state index contributed by atoms with van der Waals surface area (Å²) in [6.45, 7) is 7.82. The molecule has 1 saturated carbocycles. The third kappa shape index (κ3) is 3.88. The lowest BCUT2D eigenvalue weighted by Crippen LogP contribution is -2.43. The first-order chi connectivity index (χ1) is 7.88. The largest absolute Gasteiger partial charge is 0.348 e. The molecular weight excluding hydrogens is 232 g/mol. The standard InChI is InChI=1S/C13H26N2OS/c1-6-14-12-10(7-8-13(12,2)3)17-9-11(16)15(4)5/h10,12,14H,6-9H2,1-5H3. The maximum atomic E-state index is 11.6. The van der Waals surface area contributed by atoms with Crippen molar-refractivity contribution in [1.82, 2.24) is 10.2 Å². The minimum absolute atomic E-state index is 0.218. The molecule has 0 aromatic heterocycles. The van der Waals surface area contributed by atoms with Crippen LogP contribution in [0.3, 0.4) is 0 Å². The Labute approximate surface area is 110 Å². The lowest BCUT2D eigenvalue weighted by molar-refractivity contribution is -0.125. The quantitative estimate of drug-likeness (QED) is 0.818. The minimum atomic E-state index is 0.218. The van der Waals surface area contributed by atoms with Crippen molar-refractivity contribution in [3.8, 4) is 0 Å². The Bertz CT molecular complexity index is 266. The second-order valence-corrected chi connectivity index (χ2v) is 6.93. The summed E-state index contributed by atoms with van der Waals surface area (Å²) in [5.41, 5.74) is 0.356. The van der Waals surface area contributed by atoms with Gasteiger partial charge in [-0.25, -0.2) is 0 Å². The summed E-state index contributed by atoms with van der Waals surface area (Å²) < 4.78 is 0. The molecule has 2 atom stereocenters. The van der Waals surface area contributed by atoms with Gasteiger partial charge in [-0.2, -0.15) is 0 Å². The summed E-state index contributed by atoms with van der Waals surface area (Å²) in [5, 5.41) is 4.17. The summed E-state index contributed by atoms with van der Waals surface area (Å²) in [6.07, 6.45) is 2.47. The predicted molar refractivity (Wildman–Crippen MR) is 75.4 cm³/mol. The van der Waals surface area contributed by atoms with Crippen LogP contribution in [0, 0.1) is 5.41 Å². The number of nitrogens with zero attached hydrogens (tertiary/aromatic N) is 1. The fourth-order valence-corrected chi connectivity index (χ4v) is 4.01. The van der Waals surface area contributed by atoms with E-state index in [0.717, 1.165) is 6.54 Å². The highest BCUT2D eigenvalue weighted by Crippen LogP contribution is 2.42. The molecular formula is C13H26N2OS. The number of amides is 1. The van der Waals surface area contributed by atoms with Crippen LogP contribution in [0.25, 0.3) is 0 Å². The van der Waals surface area contributed by atoms with Crippen molar-refractivity contribution in [3.05, 3.63) is 0 Å². The molecule has 17 heavy (non-hydrogen) atoms. The van der Waals surface area contributed by atoms with E-state index in [0.29, 0.717) is 22.5 Å². The molecule has 2 unspecified atom stereocenters. The van der Waals surface area contributed by atoms with Crippen molar-refractivity contribution in [2.75, 3.05) is 26.4 Å². The van der Waals surface area contributed by atoms with E-state index in [1.165, 1.54) is 12.8 Å². The van der Waals surface area contributed by atoms with E-state index in [1.54, 1.807) is 4.90 Å². The lowest BCUT2D eigenvalue weighted by Gasteiger charge is -2.31. The van der Waals surface area contributed by atoms with Crippen LogP contribution in [-0.2, 0) is 4.79 Å². The molecule has 0 aromatic carbocycles. The smallest absolute Gasteiger partial charge is 0.232 e. The zero-order valence-corrected chi connectivity index (χ0v) is 12.6. The Balaban J connectivity index is 2.50. The molecule has 0 radical (unpaired) electrons. The van der Waals surface area contributed by atoms with Gasteiger partial charge in [0.05, 0.1) is 5.75 Å². The van der Waals surface area contributed by atoms with Gasteiger partial charge in [0.15, 0.2) is 0 Å². The molecule has 1 aliphatic carbocycles. The average molecular weight is 258 g/mol.